The van der Waals surface area contributed by atoms with Crippen molar-refractivity contribution in [3.63, 3.8) is 0 Å². The molecule has 0 radical (unpaired) electrons. The van der Waals surface area contributed by atoms with Gasteiger partial charge in [0.1, 0.15) is 6.10 Å². The van der Waals surface area contributed by atoms with E-state index in [9.17, 15) is 9.59 Å². The Bertz CT molecular complexity index is 557. The molecule has 5 heteroatoms. The number of hydrogen-bond acceptors (Lipinski definition) is 3. The average Bonchev–Trinajstić information content (AvgIpc) is 3.01. The van der Waals surface area contributed by atoms with E-state index in [2.05, 4.69) is 0 Å². The van der Waals surface area contributed by atoms with Gasteiger partial charge in [0.25, 0.3) is 5.91 Å². The second-order valence-corrected chi connectivity index (χ2v) is 5.47. The number of fused-ring (bicyclic) bond motifs is 1. The zero-order chi connectivity index (χ0) is 14.3. The van der Waals surface area contributed by atoms with E-state index < -0.39 is 18.2 Å². The van der Waals surface area contributed by atoms with Gasteiger partial charge in [-0.1, -0.05) is 25.1 Å². The van der Waals surface area contributed by atoms with Crippen LogP contribution in [0.1, 0.15) is 18.9 Å². The number of carboxylic acids is 1. The summed E-state index contributed by atoms with van der Waals surface area (Å²) in [7, 11) is 0. The zero-order valence-corrected chi connectivity index (χ0v) is 11.3. The molecule has 2 aliphatic rings. The third-order valence-electron chi connectivity index (χ3n) is 4.09. The van der Waals surface area contributed by atoms with Crippen LogP contribution < -0.4 is 4.90 Å². The molecule has 0 bridgehead atoms. The number of nitrogens with zero attached hydrogens (tertiary/aromatic N) is 1. The normalized spacial score (nSPS) is 28.4. The van der Waals surface area contributed by atoms with E-state index in [-0.39, 0.29) is 11.8 Å². The number of amides is 1. The summed E-state index contributed by atoms with van der Waals surface area (Å²) in [5, 5.41) is 9.06. The van der Waals surface area contributed by atoms with Crippen molar-refractivity contribution in [2.45, 2.75) is 32.0 Å². The lowest BCUT2D eigenvalue weighted by Gasteiger charge is -2.21. The molecule has 2 heterocycles. The Hall–Kier alpha value is -1.88. The Morgan fingerprint density at radius 3 is 2.80 bits per heavy atom. The van der Waals surface area contributed by atoms with Gasteiger partial charge in [0.15, 0.2) is 6.10 Å². The van der Waals surface area contributed by atoms with Crippen LogP contribution in [0.3, 0.4) is 0 Å². The standard InChI is InChI=1S/C15H17NO4/c1-9-8-12(20-13(9)15(18)19)14(17)16-7-6-10-4-2-3-5-11(10)16/h2-5,9,12-13H,6-8H2,1H3,(H,18,19)/t9-,12-,13-/m1/s1. The van der Waals surface area contributed by atoms with Crippen molar-refractivity contribution < 1.29 is 19.4 Å². The number of anilines is 1. The number of hydrogen-bond donors (Lipinski definition) is 1. The molecule has 0 saturated carbocycles. The molecule has 0 aromatic heterocycles. The van der Waals surface area contributed by atoms with E-state index in [1.165, 1.54) is 0 Å². The first kappa shape index (κ1) is 13.1. The number of para-hydroxylation sites is 1. The maximum absolute atomic E-state index is 12.5. The SMILES string of the molecule is C[C@@H]1C[C@H](C(=O)N2CCc3ccccc32)O[C@H]1C(=O)O. The second kappa shape index (κ2) is 4.90. The van der Waals surface area contributed by atoms with Crippen LogP contribution in [0.2, 0.25) is 0 Å². The maximum Gasteiger partial charge on any atom is 0.333 e. The molecule has 106 valence electrons. The Morgan fingerprint density at radius 2 is 2.10 bits per heavy atom. The zero-order valence-electron chi connectivity index (χ0n) is 11.3. The summed E-state index contributed by atoms with van der Waals surface area (Å²) >= 11 is 0. The molecule has 20 heavy (non-hydrogen) atoms. The minimum atomic E-state index is -0.991. The van der Waals surface area contributed by atoms with E-state index in [1.54, 1.807) is 4.90 Å². The van der Waals surface area contributed by atoms with Gasteiger partial charge in [0.2, 0.25) is 0 Å². The molecule has 1 fully saturated rings. The number of carbonyl (C=O) groups is 2. The van der Waals surface area contributed by atoms with Crippen molar-refractivity contribution in [1.82, 2.24) is 0 Å². The summed E-state index contributed by atoms with van der Waals surface area (Å²) in [6.07, 6.45) is -0.208. The van der Waals surface area contributed by atoms with Crippen LogP contribution in [0.5, 0.6) is 0 Å². The molecule has 1 aromatic rings. The predicted octanol–water partition coefficient (Wildman–Crippen LogP) is 1.45. The average molecular weight is 275 g/mol. The van der Waals surface area contributed by atoms with Gasteiger partial charge in [-0.05, 0) is 30.4 Å². The van der Waals surface area contributed by atoms with Gasteiger partial charge in [0, 0.05) is 12.2 Å². The molecular formula is C15H17NO4. The van der Waals surface area contributed by atoms with E-state index >= 15 is 0 Å². The van der Waals surface area contributed by atoms with Gasteiger partial charge in [-0.2, -0.15) is 0 Å². The number of carbonyl (C=O) groups excluding carboxylic acids is 1. The van der Waals surface area contributed by atoms with Crippen LogP contribution in [0, 0.1) is 5.92 Å². The Labute approximate surface area is 117 Å². The summed E-state index contributed by atoms with van der Waals surface area (Å²) in [5.41, 5.74) is 2.08. The largest absolute Gasteiger partial charge is 0.479 e. The fourth-order valence-electron chi connectivity index (χ4n) is 3.03. The smallest absolute Gasteiger partial charge is 0.333 e. The van der Waals surface area contributed by atoms with Crippen LogP contribution in [0.15, 0.2) is 24.3 Å². The summed E-state index contributed by atoms with van der Waals surface area (Å²) in [6.45, 7) is 2.45. The van der Waals surface area contributed by atoms with Crippen molar-refractivity contribution in [3.8, 4) is 0 Å². The molecule has 1 amide bonds. The fraction of sp³-hybridized carbons (Fsp3) is 0.467. The molecular weight excluding hydrogens is 258 g/mol. The second-order valence-electron chi connectivity index (χ2n) is 5.47. The van der Waals surface area contributed by atoms with Gasteiger partial charge in [-0.3, -0.25) is 4.79 Å². The van der Waals surface area contributed by atoms with Crippen molar-refractivity contribution in [2.24, 2.45) is 5.92 Å². The molecule has 0 aliphatic carbocycles. The molecule has 1 saturated heterocycles. The minimum absolute atomic E-state index is 0.120. The molecule has 3 atom stereocenters. The molecule has 3 rings (SSSR count). The van der Waals surface area contributed by atoms with Gasteiger partial charge < -0.3 is 14.7 Å². The van der Waals surface area contributed by atoms with Crippen molar-refractivity contribution in [2.75, 3.05) is 11.4 Å². The highest BCUT2D eigenvalue weighted by Crippen LogP contribution is 2.32. The number of aliphatic carboxylic acids is 1. The first-order valence-electron chi connectivity index (χ1n) is 6.85. The van der Waals surface area contributed by atoms with Crippen molar-refractivity contribution in [3.05, 3.63) is 29.8 Å². The van der Waals surface area contributed by atoms with Gasteiger partial charge >= 0.3 is 5.97 Å². The minimum Gasteiger partial charge on any atom is -0.479 e. The summed E-state index contributed by atoms with van der Waals surface area (Å²) < 4.78 is 5.43. The third-order valence-corrected chi connectivity index (χ3v) is 4.09. The number of ether oxygens (including phenoxy) is 1. The van der Waals surface area contributed by atoms with Crippen LogP contribution in [-0.4, -0.2) is 35.7 Å². The Kier molecular flexibility index (Phi) is 3.22. The van der Waals surface area contributed by atoms with E-state index in [0.29, 0.717) is 13.0 Å². The van der Waals surface area contributed by atoms with Crippen LogP contribution >= 0.6 is 0 Å². The molecule has 0 spiro atoms. The first-order valence-corrected chi connectivity index (χ1v) is 6.85. The predicted molar refractivity (Wildman–Crippen MR) is 72.6 cm³/mol. The van der Waals surface area contributed by atoms with Gasteiger partial charge in [-0.25, -0.2) is 4.79 Å². The van der Waals surface area contributed by atoms with Crippen LogP contribution in [-0.2, 0) is 20.7 Å². The Balaban J connectivity index is 1.77. The molecule has 2 aliphatic heterocycles. The van der Waals surface area contributed by atoms with Gasteiger partial charge in [0.05, 0.1) is 0 Å². The van der Waals surface area contributed by atoms with Crippen molar-refractivity contribution >= 4 is 17.6 Å². The lowest BCUT2D eigenvalue weighted by atomic mass is 10.0. The van der Waals surface area contributed by atoms with E-state index in [4.69, 9.17) is 9.84 Å². The fourth-order valence-corrected chi connectivity index (χ4v) is 3.03. The first-order chi connectivity index (χ1) is 9.58. The van der Waals surface area contributed by atoms with Gasteiger partial charge in [-0.15, -0.1) is 0 Å². The molecule has 1 aromatic carbocycles. The maximum atomic E-state index is 12.5. The van der Waals surface area contributed by atoms with E-state index in [1.807, 2.05) is 31.2 Å². The number of rotatable bonds is 2. The number of carboxylic acid groups (broad SMARTS) is 1. The highest BCUT2D eigenvalue weighted by atomic mass is 16.5. The lowest BCUT2D eigenvalue weighted by Crippen LogP contribution is -2.38. The summed E-state index contributed by atoms with van der Waals surface area (Å²) in [6, 6.07) is 7.80. The molecule has 5 nitrogen and oxygen atoms in total. The lowest BCUT2D eigenvalue weighted by molar-refractivity contribution is -0.152. The third kappa shape index (κ3) is 2.08. The number of benzene rings is 1. The quantitative estimate of drug-likeness (QED) is 0.887. The topological polar surface area (TPSA) is 66.8 Å². The van der Waals surface area contributed by atoms with E-state index in [0.717, 1.165) is 17.7 Å². The van der Waals surface area contributed by atoms with Crippen molar-refractivity contribution in [1.29, 1.82) is 0 Å². The highest BCUT2D eigenvalue weighted by molar-refractivity contribution is 5.98. The molecule has 0 unspecified atom stereocenters. The van der Waals surface area contributed by atoms with Crippen LogP contribution in [0.25, 0.3) is 0 Å². The Morgan fingerprint density at radius 1 is 1.35 bits per heavy atom. The summed E-state index contributed by atoms with van der Waals surface area (Å²) in [4.78, 5) is 25.3. The summed E-state index contributed by atoms with van der Waals surface area (Å²) in [5.74, 6) is -1.25. The highest BCUT2D eigenvalue weighted by Gasteiger charge is 2.42. The molecule has 1 N–H and O–H groups in total. The van der Waals surface area contributed by atoms with Crippen LogP contribution in [0.4, 0.5) is 5.69 Å². The monoisotopic (exact) mass is 275 g/mol.